The lowest BCUT2D eigenvalue weighted by Gasteiger charge is -2.48. The zero-order valence-corrected chi connectivity index (χ0v) is 16.4. The number of hydrogen-bond donors (Lipinski definition) is 1. The summed E-state index contributed by atoms with van der Waals surface area (Å²) in [4.78, 5) is 16.6. The summed E-state index contributed by atoms with van der Waals surface area (Å²) in [7, 11) is 0. The molecule has 2 aliphatic heterocycles. The highest BCUT2D eigenvalue weighted by Gasteiger charge is 2.41. The summed E-state index contributed by atoms with van der Waals surface area (Å²) in [6.07, 6.45) is 6.16. The SMILES string of the molecule is CCn1ccc2ccc(CN3CCCC4(CCC(=O)N(CCO)C4)C3)cc21. The van der Waals surface area contributed by atoms with Crippen LogP contribution in [0.4, 0.5) is 0 Å². The quantitative estimate of drug-likeness (QED) is 0.882. The Hall–Kier alpha value is -1.85. The van der Waals surface area contributed by atoms with Gasteiger partial charge in [0.15, 0.2) is 0 Å². The van der Waals surface area contributed by atoms with Crippen LogP contribution < -0.4 is 0 Å². The molecule has 5 heteroatoms. The highest BCUT2D eigenvalue weighted by atomic mass is 16.3. The largest absolute Gasteiger partial charge is 0.395 e. The first-order chi connectivity index (χ1) is 13.1. The van der Waals surface area contributed by atoms with E-state index in [1.807, 2.05) is 4.90 Å². The summed E-state index contributed by atoms with van der Waals surface area (Å²) in [5.74, 6) is 0.206. The molecule has 1 spiro atoms. The van der Waals surface area contributed by atoms with Gasteiger partial charge in [-0.1, -0.05) is 12.1 Å². The van der Waals surface area contributed by atoms with Crippen molar-refractivity contribution in [2.24, 2.45) is 5.41 Å². The minimum absolute atomic E-state index is 0.0582. The summed E-state index contributed by atoms with van der Waals surface area (Å²) in [6, 6.07) is 9.01. The van der Waals surface area contributed by atoms with Crippen molar-refractivity contribution in [3.05, 3.63) is 36.0 Å². The fraction of sp³-hybridized carbons (Fsp3) is 0.591. The van der Waals surface area contributed by atoms with Crippen molar-refractivity contribution < 1.29 is 9.90 Å². The monoisotopic (exact) mass is 369 g/mol. The Balaban J connectivity index is 1.48. The molecule has 0 radical (unpaired) electrons. The molecule has 146 valence electrons. The number of β-amino-alcohol motifs (C(OH)–C–C–N with tert-alkyl or cyclic N) is 1. The molecule has 1 N–H and O–H groups in total. The van der Waals surface area contributed by atoms with Crippen LogP contribution >= 0.6 is 0 Å². The van der Waals surface area contributed by atoms with E-state index in [2.05, 4.69) is 46.9 Å². The van der Waals surface area contributed by atoms with Gasteiger partial charge >= 0.3 is 0 Å². The van der Waals surface area contributed by atoms with Gasteiger partial charge in [-0.25, -0.2) is 0 Å². The molecule has 2 aromatic rings. The van der Waals surface area contributed by atoms with Crippen LogP contribution in [0.5, 0.6) is 0 Å². The maximum Gasteiger partial charge on any atom is 0.222 e. The molecule has 27 heavy (non-hydrogen) atoms. The molecule has 1 aromatic carbocycles. The molecule has 3 heterocycles. The number of fused-ring (bicyclic) bond motifs is 1. The van der Waals surface area contributed by atoms with Crippen molar-refractivity contribution in [2.45, 2.75) is 45.7 Å². The standard InChI is InChI=1S/C22H31N3O2/c1-2-24-11-7-19-5-4-18(14-20(19)24)15-23-10-3-8-22(16-23)9-6-21(27)25(17-22)12-13-26/h4-5,7,11,14,26H,2-3,6,8-10,12-13,15-17H2,1H3. The van der Waals surface area contributed by atoms with E-state index >= 15 is 0 Å². The van der Waals surface area contributed by atoms with Gasteiger partial charge in [-0.15, -0.1) is 0 Å². The van der Waals surface area contributed by atoms with E-state index in [1.54, 1.807) is 0 Å². The Morgan fingerprint density at radius 2 is 2.07 bits per heavy atom. The van der Waals surface area contributed by atoms with Crippen LogP contribution in [0.15, 0.2) is 30.5 Å². The fourth-order valence-corrected chi connectivity index (χ4v) is 5.07. The maximum atomic E-state index is 12.1. The number of aromatic nitrogens is 1. The van der Waals surface area contributed by atoms with Crippen molar-refractivity contribution in [1.29, 1.82) is 0 Å². The summed E-state index contributed by atoms with van der Waals surface area (Å²) in [6.45, 7) is 7.67. The van der Waals surface area contributed by atoms with Gasteiger partial charge < -0.3 is 14.6 Å². The number of likely N-dealkylation sites (tertiary alicyclic amines) is 2. The predicted octanol–water partition coefficient (Wildman–Crippen LogP) is 2.86. The van der Waals surface area contributed by atoms with E-state index in [0.29, 0.717) is 13.0 Å². The van der Waals surface area contributed by atoms with Crippen LogP contribution in [-0.2, 0) is 17.9 Å². The minimum Gasteiger partial charge on any atom is -0.395 e. The lowest BCUT2D eigenvalue weighted by Crippen LogP contribution is -2.54. The Bertz CT molecular complexity index is 815. The molecule has 2 aliphatic rings. The van der Waals surface area contributed by atoms with Crippen molar-refractivity contribution in [1.82, 2.24) is 14.4 Å². The number of piperidine rings is 2. The Kier molecular flexibility index (Phi) is 5.24. The lowest BCUT2D eigenvalue weighted by atomic mass is 9.73. The van der Waals surface area contributed by atoms with E-state index in [1.165, 1.54) is 29.3 Å². The number of benzene rings is 1. The van der Waals surface area contributed by atoms with Crippen molar-refractivity contribution >= 4 is 16.8 Å². The average Bonchev–Trinajstić information content (AvgIpc) is 3.08. The van der Waals surface area contributed by atoms with Gasteiger partial charge in [-0.2, -0.15) is 0 Å². The van der Waals surface area contributed by atoms with Crippen LogP contribution in [0.3, 0.4) is 0 Å². The smallest absolute Gasteiger partial charge is 0.222 e. The topological polar surface area (TPSA) is 48.7 Å². The van der Waals surface area contributed by atoms with Crippen LogP contribution in [0.1, 0.15) is 38.2 Å². The lowest BCUT2D eigenvalue weighted by molar-refractivity contribution is -0.140. The molecule has 0 bridgehead atoms. The third-order valence-electron chi connectivity index (χ3n) is 6.44. The number of carbonyl (C=O) groups is 1. The Labute approximate surface area is 161 Å². The number of hydrogen-bond acceptors (Lipinski definition) is 3. The van der Waals surface area contributed by atoms with E-state index < -0.39 is 0 Å². The van der Waals surface area contributed by atoms with Gasteiger partial charge in [0.25, 0.3) is 0 Å². The van der Waals surface area contributed by atoms with E-state index in [9.17, 15) is 9.90 Å². The summed E-state index contributed by atoms with van der Waals surface area (Å²) in [5, 5.41) is 10.6. The number of aryl methyl sites for hydroxylation is 1. The van der Waals surface area contributed by atoms with Crippen molar-refractivity contribution in [2.75, 3.05) is 32.8 Å². The zero-order chi connectivity index (χ0) is 18.9. The molecule has 1 atom stereocenters. The number of aliphatic hydroxyl groups is 1. The molecule has 2 saturated heterocycles. The van der Waals surface area contributed by atoms with Gasteiger partial charge in [-0.3, -0.25) is 9.69 Å². The van der Waals surface area contributed by atoms with Gasteiger partial charge in [0.1, 0.15) is 0 Å². The summed E-state index contributed by atoms with van der Waals surface area (Å²) >= 11 is 0. The summed E-state index contributed by atoms with van der Waals surface area (Å²) in [5.41, 5.74) is 2.89. The second-order valence-corrected chi connectivity index (χ2v) is 8.35. The molecule has 1 amide bonds. The number of aliphatic hydroxyl groups excluding tert-OH is 1. The number of nitrogens with zero attached hydrogens (tertiary/aromatic N) is 3. The van der Waals surface area contributed by atoms with E-state index in [4.69, 9.17) is 0 Å². The molecule has 2 fully saturated rings. The first-order valence-electron chi connectivity index (χ1n) is 10.3. The average molecular weight is 370 g/mol. The second kappa shape index (κ2) is 7.64. The van der Waals surface area contributed by atoms with Gasteiger partial charge in [0, 0.05) is 56.3 Å². The molecule has 1 unspecified atom stereocenters. The van der Waals surface area contributed by atoms with Crippen molar-refractivity contribution in [3.8, 4) is 0 Å². The van der Waals surface area contributed by atoms with E-state index in [0.717, 1.165) is 39.1 Å². The van der Waals surface area contributed by atoms with Gasteiger partial charge in [-0.05, 0) is 55.8 Å². The molecule has 5 nitrogen and oxygen atoms in total. The van der Waals surface area contributed by atoms with Crippen LogP contribution in [0, 0.1) is 5.41 Å². The van der Waals surface area contributed by atoms with Gasteiger partial charge in [0.2, 0.25) is 5.91 Å². The Morgan fingerprint density at radius 1 is 1.19 bits per heavy atom. The first kappa shape index (κ1) is 18.5. The molecule has 0 saturated carbocycles. The minimum atomic E-state index is 0.0582. The normalized spacial score (nSPS) is 24.2. The highest BCUT2D eigenvalue weighted by molar-refractivity contribution is 5.80. The number of rotatable bonds is 5. The molecular weight excluding hydrogens is 338 g/mol. The summed E-state index contributed by atoms with van der Waals surface area (Å²) < 4.78 is 2.30. The highest BCUT2D eigenvalue weighted by Crippen LogP contribution is 2.39. The second-order valence-electron chi connectivity index (χ2n) is 8.35. The van der Waals surface area contributed by atoms with Crippen LogP contribution in [-0.4, -0.2) is 58.2 Å². The zero-order valence-electron chi connectivity index (χ0n) is 16.4. The van der Waals surface area contributed by atoms with Gasteiger partial charge in [0.05, 0.1) is 6.61 Å². The molecular formula is C22H31N3O2. The van der Waals surface area contributed by atoms with Crippen LogP contribution in [0.2, 0.25) is 0 Å². The maximum absolute atomic E-state index is 12.1. The Morgan fingerprint density at radius 3 is 2.89 bits per heavy atom. The fourth-order valence-electron chi connectivity index (χ4n) is 5.07. The first-order valence-corrected chi connectivity index (χ1v) is 10.3. The molecule has 1 aromatic heterocycles. The number of carbonyl (C=O) groups excluding carboxylic acids is 1. The third-order valence-corrected chi connectivity index (χ3v) is 6.44. The van der Waals surface area contributed by atoms with Crippen molar-refractivity contribution in [3.63, 3.8) is 0 Å². The third kappa shape index (κ3) is 3.76. The van der Waals surface area contributed by atoms with E-state index in [-0.39, 0.29) is 17.9 Å². The molecule has 4 rings (SSSR count). The predicted molar refractivity (Wildman–Crippen MR) is 107 cm³/mol. The van der Waals surface area contributed by atoms with Crippen LogP contribution in [0.25, 0.3) is 10.9 Å². The number of amides is 1. The molecule has 0 aliphatic carbocycles.